The van der Waals surface area contributed by atoms with Crippen molar-refractivity contribution in [1.29, 1.82) is 0 Å². The van der Waals surface area contributed by atoms with Gasteiger partial charge in [-0.05, 0) is 17.7 Å². The standard InChI is InChI=1S/C25H24N2O7/c1-32-22-14-5-3-4-6-15(14)23(33-2)17-9-13(7-8-16(17)22)18-11-27(25(31)26-24(18)30)21-10-19(29)20(12-28)34-21/h3-9,11,19-21,28-29H,10,12H2,1-2H3,(H,26,30,31)/t19-,20+,21+/m0/s1. The van der Waals surface area contributed by atoms with E-state index in [0.29, 0.717) is 17.1 Å². The van der Waals surface area contributed by atoms with Crippen LogP contribution in [0.5, 0.6) is 11.5 Å². The molecule has 34 heavy (non-hydrogen) atoms. The van der Waals surface area contributed by atoms with E-state index in [0.717, 1.165) is 21.5 Å². The van der Waals surface area contributed by atoms with E-state index in [1.807, 2.05) is 36.4 Å². The number of hydrogen-bond donors (Lipinski definition) is 3. The van der Waals surface area contributed by atoms with Crippen LogP contribution in [0.4, 0.5) is 0 Å². The highest BCUT2D eigenvalue weighted by Crippen LogP contribution is 2.43. The second-order valence-corrected chi connectivity index (χ2v) is 8.20. The number of fused-ring (bicyclic) bond motifs is 2. The SMILES string of the molecule is COc1c2ccccc2c(OC)c2cc(-c3cn([C@H]4C[C@H](O)[C@@H](CO)O4)c(=O)[nH]c3=O)ccc12. The Hall–Kier alpha value is -3.66. The van der Waals surface area contributed by atoms with E-state index >= 15 is 0 Å². The number of hydrogen-bond acceptors (Lipinski definition) is 7. The third-order valence-corrected chi connectivity index (χ3v) is 6.31. The minimum atomic E-state index is -0.914. The average Bonchev–Trinajstić information content (AvgIpc) is 3.22. The van der Waals surface area contributed by atoms with Gasteiger partial charge in [-0.3, -0.25) is 14.3 Å². The van der Waals surface area contributed by atoms with Crippen LogP contribution in [0.2, 0.25) is 0 Å². The van der Waals surface area contributed by atoms with Crippen LogP contribution in [0, 0.1) is 0 Å². The first-order valence-corrected chi connectivity index (χ1v) is 10.8. The first-order chi connectivity index (χ1) is 16.5. The minimum Gasteiger partial charge on any atom is -0.495 e. The summed E-state index contributed by atoms with van der Waals surface area (Å²) in [5.41, 5.74) is -0.392. The summed E-state index contributed by atoms with van der Waals surface area (Å²) < 4.78 is 18.3. The van der Waals surface area contributed by atoms with Gasteiger partial charge >= 0.3 is 5.69 Å². The van der Waals surface area contributed by atoms with Crippen molar-refractivity contribution in [3.05, 3.63) is 69.5 Å². The molecular weight excluding hydrogens is 440 g/mol. The molecule has 1 aromatic heterocycles. The van der Waals surface area contributed by atoms with Gasteiger partial charge in [0, 0.05) is 34.2 Å². The number of benzene rings is 3. The molecule has 0 radical (unpaired) electrons. The molecule has 2 heterocycles. The van der Waals surface area contributed by atoms with Crippen molar-refractivity contribution in [3.8, 4) is 22.6 Å². The molecule has 1 saturated heterocycles. The molecular formula is C25H24N2O7. The van der Waals surface area contributed by atoms with E-state index in [2.05, 4.69) is 4.98 Å². The number of methoxy groups -OCH3 is 2. The van der Waals surface area contributed by atoms with Crippen molar-refractivity contribution in [2.24, 2.45) is 0 Å². The van der Waals surface area contributed by atoms with Crippen LogP contribution in [0.3, 0.4) is 0 Å². The first-order valence-electron chi connectivity index (χ1n) is 10.8. The molecule has 0 saturated carbocycles. The summed E-state index contributed by atoms with van der Waals surface area (Å²) in [6.45, 7) is -0.372. The van der Waals surface area contributed by atoms with Crippen LogP contribution in [-0.2, 0) is 4.74 Å². The molecule has 3 aromatic carbocycles. The molecule has 3 atom stereocenters. The lowest BCUT2D eigenvalue weighted by atomic mass is 9.97. The topological polar surface area (TPSA) is 123 Å². The minimum absolute atomic E-state index is 0.116. The summed E-state index contributed by atoms with van der Waals surface area (Å²) in [6.07, 6.45) is -0.981. The quantitative estimate of drug-likeness (QED) is 0.387. The van der Waals surface area contributed by atoms with Crippen molar-refractivity contribution in [2.45, 2.75) is 24.9 Å². The second-order valence-electron chi connectivity index (χ2n) is 8.20. The van der Waals surface area contributed by atoms with Gasteiger partial charge in [0.1, 0.15) is 23.8 Å². The van der Waals surface area contributed by atoms with Gasteiger partial charge in [-0.2, -0.15) is 0 Å². The molecule has 0 bridgehead atoms. The molecule has 0 spiro atoms. The first kappa shape index (κ1) is 22.1. The number of ether oxygens (including phenoxy) is 3. The fourth-order valence-electron chi connectivity index (χ4n) is 4.66. The maximum absolute atomic E-state index is 12.8. The number of nitrogens with one attached hydrogen (secondary N) is 1. The Morgan fingerprint density at radius 3 is 2.29 bits per heavy atom. The van der Waals surface area contributed by atoms with Gasteiger partial charge < -0.3 is 24.4 Å². The van der Waals surface area contributed by atoms with Crippen molar-refractivity contribution < 1.29 is 24.4 Å². The maximum atomic E-state index is 12.8. The molecule has 5 rings (SSSR count). The highest BCUT2D eigenvalue weighted by Gasteiger charge is 2.35. The molecule has 1 aliphatic rings. The summed E-state index contributed by atoms with van der Waals surface area (Å²) in [6, 6.07) is 13.2. The van der Waals surface area contributed by atoms with Crippen LogP contribution in [0.1, 0.15) is 12.6 Å². The highest BCUT2D eigenvalue weighted by molar-refractivity contribution is 6.11. The Bertz CT molecular complexity index is 1510. The number of H-pyrrole nitrogens is 1. The largest absolute Gasteiger partial charge is 0.495 e. The Balaban J connectivity index is 1.70. The second kappa shape index (κ2) is 8.60. The third kappa shape index (κ3) is 3.45. The lowest BCUT2D eigenvalue weighted by Crippen LogP contribution is -2.33. The van der Waals surface area contributed by atoms with E-state index in [1.54, 1.807) is 20.3 Å². The number of rotatable bonds is 5. The zero-order valence-electron chi connectivity index (χ0n) is 18.6. The predicted octanol–water partition coefficient (Wildman–Crippen LogP) is 2.17. The zero-order valence-corrected chi connectivity index (χ0v) is 18.6. The van der Waals surface area contributed by atoms with Crippen LogP contribution in [-0.4, -0.2) is 52.8 Å². The van der Waals surface area contributed by atoms with E-state index in [-0.39, 0.29) is 18.6 Å². The number of aromatic amines is 1. The van der Waals surface area contributed by atoms with Crippen LogP contribution in [0.15, 0.2) is 58.3 Å². The molecule has 9 nitrogen and oxygen atoms in total. The molecule has 4 aromatic rings. The van der Waals surface area contributed by atoms with Crippen molar-refractivity contribution >= 4 is 21.5 Å². The van der Waals surface area contributed by atoms with Gasteiger partial charge in [0.05, 0.1) is 32.5 Å². The monoisotopic (exact) mass is 464 g/mol. The Morgan fingerprint density at radius 2 is 1.68 bits per heavy atom. The average molecular weight is 464 g/mol. The van der Waals surface area contributed by atoms with Crippen LogP contribution >= 0.6 is 0 Å². The van der Waals surface area contributed by atoms with Crippen molar-refractivity contribution in [2.75, 3.05) is 20.8 Å². The fraction of sp³-hybridized carbons (Fsp3) is 0.280. The molecule has 9 heteroatoms. The Labute approximate surface area is 193 Å². The molecule has 1 aliphatic heterocycles. The molecule has 1 fully saturated rings. The van der Waals surface area contributed by atoms with E-state index in [4.69, 9.17) is 14.2 Å². The lowest BCUT2D eigenvalue weighted by Gasteiger charge is -2.17. The van der Waals surface area contributed by atoms with Gasteiger partial charge in [-0.1, -0.05) is 30.3 Å². The maximum Gasteiger partial charge on any atom is 0.330 e. The molecule has 0 unspecified atom stereocenters. The van der Waals surface area contributed by atoms with Gasteiger partial charge in [0.15, 0.2) is 0 Å². The molecule has 0 amide bonds. The van der Waals surface area contributed by atoms with Crippen molar-refractivity contribution in [3.63, 3.8) is 0 Å². The molecule has 176 valence electrons. The number of nitrogens with zero attached hydrogens (tertiary/aromatic N) is 1. The summed E-state index contributed by atoms with van der Waals surface area (Å²) in [5, 5.41) is 22.8. The predicted molar refractivity (Wildman–Crippen MR) is 126 cm³/mol. The number of aliphatic hydroxyl groups excluding tert-OH is 2. The summed E-state index contributed by atoms with van der Waals surface area (Å²) in [7, 11) is 3.20. The third-order valence-electron chi connectivity index (χ3n) is 6.31. The highest BCUT2D eigenvalue weighted by atomic mass is 16.5. The zero-order chi connectivity index (χ0) is 24.0. The fourth-order valence-corrected chi connectivity index (χ4v) is 4.66. The summed E-state index contributed by atoms with van der Waals surface area (Å²) >= 11 is 0. The number of aromatic nitrogens is 2. The molecule has 3 N–H and O–H groups in total. The van der Waals surface area contributed by atoms with E-state index < -0.39 is 29.7 Å². The number of aliphatic hydroxyl groups is 2. The van der Waals surface area contributed by atoms with Gasteiger partial charge in [-0.15, -0.1) is 0 Å². The van der Waals surface area contributed by atoms with E-state index in [9.17, 15) is 19.8 Å². The Kier molecular flexibility index (Phi) is 5.60. The van der Waals surface area contributed by atoms with Gasteiger partial charge in [-0.25, -0.2) is 4.79 Å². The Morgan fingerprint density at radius 1 is 1.03 bits per heavy atom. The van der Waals surface area contributed by atoms with Gasteiger partial charge in [0.2, 0.25) is 0 Å². The summed E-state index contributed by atoms with van der Waals surface area (Å²) in [4.78, 5) is 27.6. The normalized spacial score (nSPS) is 20.2. The van der Waals surface area contributed by atoms with Crippen LogP contribution < -0.4 is 20.7 Å². The van der Waals surface area contributed by atoms with Crippen LogP contribution in [0.25, 0.3) is 32.7 Å². The summed E-state index contributed by atoms with van der Waals surface area (Å²) in [5.74, 6) is 1.34. The molecule has 0 aliphatic carbocycles. The smallest absolute Gasteiger partial charge is 0.330 e. The van der Waals surface area contributed by atoms with E-state index in [1.165, 1.54) is 10.8 Å². The van der Waals surface area contributed by atoms with Gasteiger partial charge in [0.25, 0.3) is 5.56 Å². The van der Waals surface area contributed by atoms with Crippen molar-refractivity contribution in [1.82, 2.24) is 9.55 Å². The lowest BCUT2D eigenvalue weighted by molar-refractivity contribution is -0.0458.